The molecule has 0 spiro atoms. The van der Waals surface area contributed by atoms with Gasteiger partial charge >= 0.3 is 11.9 Å². The van der Waals surface area contributed by atoms with E-state index in [4.69, 9.17) is 0 Å². The number of nitro benzene ring substituents is 1. The first-order chi connectivity index (χ1) is 15.2. The van der Waals surface area contributed by atoms with Gasteiger partial charge in [-0.3, -0.25) is 14.8 Å². The van der Waals surface area contributed by atoms with Crippen LogP contribution in [0.15, 0.2) is 77.4 Å². The van der Waals surface area contributed by atoms with Gasteiger partial charge in [0.2, 0.25) is 0 Å². The lowest BCUT2D eigenvalue weighted by molar-refractivity contribution is -0.384. The minimum atomic E-state index is -3.93. The van der Waals surface area contributed by atoms with E-state index in [1.807, 2.05) is 0 Å². The van der Waals surface area contributed by atoms with Gasteiger partial charge in [-0.05, 0) is 42.5 Å². The molecule has 0 aliphatic rings. The number of carbonyl (C=O) groups is 2. The third-order valence-electron chi connectivity index (χ3n) is 3.91. The Hall–Kier alpha value is -4.19. The Morgan fingerprint density at radius 1 is 0.938 bits per heavy atom. The van der Waals surface area contributed by atoms with E-state index in [1.54, 1.807) is 0 Å². The predicted molar refractivity (Wildman–Crippen MR) is 115 cm³/mol. The summed E-state index contributed by atoms with van der Waals surface area (Å²) in [5.41, 5.74) is 0.478. The number of non-ortho nitro benzene ring substituents is 1. The topological polar surface area (TPSA) is 154 Å². The second kappa shape index (κ2) is 10.7. The molecule has 2 N–H and O–H groups in total. The maximum absolute atomic E-state index is 12.5. The van der Waals surface area contributed by atoms with E-state index in [1.165, 1.54) is 75.0 Å². The molecule has 168 valence electrons. The lowest BCUT2D eigenvalue weighted by Crippen LogP contribution is -2.12. The number of sulfonamides is 1. The van der Waals surface area contributed by atoms with Crippen LogP contribution in [-0.4, -0.2) is 39.5 Å². The van der Waals surface area contributed by atoms with Gasteiger partial charge in [0.05, 0.1) is 29.6 Å². The first-order valence-corrected chi connectivity index (χ1v) is 10.3. The van der Waals surface area contributed by atoms with Crippen molar-refractivity contribution >= 4 is 39.0 Å². The summed E-state index contributed by atoms with van der Waals surface area (Å²) < 4.78 is 36.4. The number of anilines is 2. The molecule has 0 aliphatic carbocycles. The van der Waals surface area contributed by atoms with Crippen molar-refractivity contribution < 1.29 is 32.4 Å². The smallest absolute Gasteiger partial charge is 0.339 e. The molecular formula is C20H19N3O8S. The Kier molecular flexibility index (Phi) is 8.07. The predicted octanol–water partition coefficient (Wildman–Crippen LogP) is 2.59. The molecule has 2 aromatic rings. The van der Waals surface area contributed by atoms with Crippen molar-refractivity contribution in [3.05, 3.63) is 82.6 Å². The number of hydrogen-bond acceptors (Lipinski definition) is 9. The van der Waals surface area contributed by atoms with Crippen molar-refractivity contribution in [3.8, 4) is 0 Å². The standard InChI is InChI=1S/C20H19N3O8S/c1-30-19(24)12-3-14(20(25)31-2)13-21-15-6-10-18(11-7-15)32(28,29)22-16-4-8-17(9-5-16)23(26)27/h3-13,21-22H,1-2H3/b12-3+,14-13-. The van der Waals surface area contributed by atoms with Crippen LogP contribution in [0.4, 0.5) is 17.1 Å². The lowest BCUT2D eigenvalue weighted by Gasteiger charge is -2.09. The molecule has 0 unspecified atom stereocenters. The Morgan fingerprint density at radius 2 is 1.53 bits per heavy atom. The third kappa shape index (κ3) is 6.67. The molecule has 0 heterocycles. The number of benzene rings is 2. The molecule has 0 aromatic heterocycles. The number of rotatable bonds is 9. The quantitative estimate of drug-likeness (QED) is 0.188. The third-order valence-corrected chi connectivity index (χ3v) is 5.31. The first-order valence-electron chi connectivity index (χ1n) is 8.84. The summed E-state index contributed by atoms with van der Waals surface area (Å²) in [6.07, 6.45) is 3.53. The minimum Gasteiger partial charge on any atom is -0.466 e. The molecule has 0 amide bonds. The number of carbonyl (C=O) groups excluding carboxylic acids is 2. The second-order valence-electron chi connectivity index (χ2n) is 6.03. The summed E-state index contributed by atoms with van der Waals surface area (Å²) in [5, 5.41) is 13.5. The van der Waals surface area contributed by atoms with Crippen molar-refractivity contribution in [2.75, 3.05) is 24.3 Å². The SMILES string of the molecule is COC(=O)/C=C/C(=C/Nc1ccc(S(=O)(=O)Nc2ccc([N+](=O)[O-])cc2)cc1)C(=O)OC. The lowest BCUT2D eigenvalue weighted by atomic mass is 10.2. The van der Waals surface area contributed by atoms with Gasteiger partial charge in [0.1, 0.15) is 0 Å². The van der Waals surface area contributed by atoms with E-state index in [0.29, 0.717) is 5.69 Å². The van der Waals surface area contributed by atoms with E-state index in [9.17, 15) is 28.1 Å². The van der Waals surface area contributed by atoms with Crippen molar-refractivity contribution in [2.24, 2.45) is 0 Å². The molecule has 32 heavy (non-hydrogen) atoms. The molecule has 2 rings (SSSR count). The van der Waals surface area contributed by atoms with Crippen LogP contribution in [0.5, 0.6) is 0 Å². The van der Waals surface area contributed by atoms with E-state index in [2.05, 4.69) is 19.5 Å². The number of nitro groups is 1. The van der Waals surface area contributed by atoms with Gasteiger partial charge in [-0.2, -0.15) is 0 Å². The number of methoxy groups -OCH3 is 2. The van der Waals surface area contributed by atoms with Crippen LogP contribution in [0.25, 0.3) is 0 Å². The average Bonchev–Trinajstić information content (AvgIpc) is 2.78. The summed E-state index contributed by atoms with van der Waals surface area (Å²) in [6, 6.07) is 10.5. The number of esters is 2. The Bertz CT molecular complexity index is 1150. The zero-order chi connectivity index (χ0) is 23.7. The number of nitrogens with one attached hydrogen (secondary N) is 2. The van der Waals surface area contributed by atoms with Crippen molar-refractivity contribution in [1.82, 2.24) is 0 Å². The van der Waals surface area contributed by atoms with Gasteiger partial charge in [-0.25, -0.2) is 18.0 Å². The van der Waals surface area contributed by atoms with Gasteiger partial charge in [0.15, 0.2) is 0 Å². The summed E-state index contributed by atoms with van der Waals surface area (Å²) in [4.78, 5) is 33.0. The van der Waals surface area contributed by atoms with Crippen LogP contribution in [0, 0.1) is 10.1 Å². The molecule has 12 heteroatoms. The number of hydrogen-bond donors (Lipinski definition) is 2. The van der Waals surface area contributed by atoms with Crippen molar-refractivity contribution in [1.29, 1.82) is 0 Å². The molecule has 0 atom stereocenters. The normalized spacial score (nSPS) is 11.6. The maximum Gasteiger partial charge on any atom is 0.339 e. The largest absolute Gasteiger partial charge is 0.466 e. The van der Waals surface area contributed by atoms with Crippen LogP contribution < -0.4 is 10.0 Å². The highest BCUT2D eigenvalue weighted by molar-refractivity contribution is 7.92. The molecule has 0 fully saturated rings. The molecule has 0 bridgehead atoms. The fourth-order valence-corrected chi connectivity index (χ4v) is 3.33. The number of nitrogens with zero attached hydrogens (tertiary/aromatic N) is 1. The Morgan fingerprint density at radius 3 is 2.06 bits per heavy atom. The molecule has 0 saturated carbocycles. The number of ether oxygens (including phenoxy) is 2. The average molecular weight is 461 g/mol. The van der Waals surface area contributed by atoms with Gasteiger partial charge in [-0.15, -0.1) is 0 Å². The molecule has 0 aliphatic heterocycles. The molecule has 0 radical (unpaired) electrons. The fourth-order valence-electron chi connectivity index (χ4n) is 2.28. The highest BCUT2D eigenvalue weighted by Gasteiger charge is 2.15. The fraction of sp³-hybridized carbons (Fsp3) is 0.100. The van der Waals surface area contributed by atoms with E-state index >= 15 is 0 Å². The summed E-state index contributed by atoms with van der Waals surface area (Å²) in [6.45, 7) is 0. The van der Waals surface area contributed by atoms with Crippen molar-refractivity contribution in [2.45, 2.75) is 4.90 Å². The van der Waals surface area contributed by atoms with Crippen LogP contribution in [-0.2, 0) is 29.1 Å². The maximum atomic E-state index is 12.5. The highest BCUT2D eigenvalue weighted by atomic mass is 32.2. The van der Waals surface area contributed by atoms with Gasteiger partial charge in [-0.1, -0.05) is 0 Å². The van der Waals surface area contributed by atoms with Crippen LogP contribution in [0.1, 0.15) is 0 Å². The van der Waals surface area contributed by atoms with Crippen LogP contribution in [0.3, 0.4) is 0 Å². The van der Waals surface area contributed by atoms with Crippen LogP contribution in [0.2, 0.25) is 0 Å². The van der Waals surface area contributed by atoms with E-state index in [-0.39, 0.29) is 21.8 Å². The molecule has 11 nitrogen and oxygen atoms in total. The van der Waals surface area contributed by atoms with E-state index in [0.717, 1.165) is 6.08 Å². The minimum absolute atomic E-state index is 0.0226. The van der Waals surface area contributed by atoms with Gasteiger partial charge in [0.25, 0.3) is 15.7 Å². The zero-order valence-corrected chi connectivity index (χ0v) is 17.8. The monoisotopic (exact) mass is 461 g/mol. The molecule has 2 aromatic carbocycles. The van der Waals surface area contributed by atoms with Crippen LogP contribution >= 0.6 is 0 Å². The summed E-state index contributed by atoms with van der Waals surface area (Å²) in [5.74, 6) is -1.36. The highest BCUT2D eigenvalue weighted by Crippen LogP contribution is 2.21. The summed E-state index contributed by atoms with van der Waals surface area (Å²) >= 11 is 0. The van der Waals surface area contributed by atoms with Gasteiger partial charge < -0.3 is 14.8 Å². The summed E-state index contributed by atoms with van der Waals surface area (Å²) in [7, 11) is -1.56. The Labute approximate surface area is 183 Å². The molecule has 0 saturated heterocycles. The molecular weight excluding hydrogens is 442 g/mol. The second-order valence-corrected chi connectivity index (χ2v) is 7.71. The zero-order valence-electron chi connectivity index (χ0n) is 17.0. The first kappa shape index (κ1) is 24.1. The van der Waals surface area contributed by atoms with E-state index < -0.39 is 26.9 Å². The van der Waals surface area contributed by atoms with Crippen molar-refractivity contribution in [3.63, 3.8) is 0 Å². The van der Waals surface area contributed by atoms with Gasteiger partial charge in [0, 0.05) is 35.8 Å². The Balaban J connectivity index is 2.14.